The summed E-state index contributed by atoms with van der Waals surface area (Å²) in [5.74, 6) is -0.283. The molecule has 19 heavy (non-hydrogen) atoms. The highest BCUT2D eigenvalue weighted by Crippen LogP contribution is 2.38. The van der Waals surface area contributed by atoms with E-state index < -0.39 is 0 Å². The normalized spacial score (nSPS) is 18.5. The van der Waals surface area contributed by atoms with E-state index in [4.69, 9.17) is 0 Å². The predicted octanol–water partition coefficient (Wildman–Crippen LogP) is 3.04. The number of benzene rings is 1. The van der Waals surface area contributed by atoms with Crippen molar-refractivity contribution >= 4 is 15.9 Å². The summed E-state index contributed by atoms with van der Waals surface area (Å²) in [6.07, 6.45) is 1.81. The molecule has 1 fully saturated rings. The molecule has 1 aliphatic heterocycles. The second-order valence-electron chi connectivity index (χ2n) is 4.88. The highest BCUT2D eigenvalue weighted by Gasteiger charge is 2.27. The zero-order valence-corrected chi connectivity index (χ0v) is 12.7. The minimum Gasteiger partial charge on any atom is -0.506 e. The molecule has 0 aliphatic carbocycles. The average molecular weight is 331 g/mol. The van der Waals surface area contributed by atoms with Gasteiger partial charge in [-0.25, -0.2) is 4.39 Å². The zero-order chi connectivity index (χ0) is 13.8. The predicted molar refractivity (Wildman–Crippen MR) is 77.9 cm³/mol. The Labute approximate surface area is 121 Å². The number of nitrogens with one attached hydrogen (secondary N) is 1. The van der Waals surface area contributed by atoms with Crippen LogP contribution in [0.5, 0.6) is 5.75 Å². The topological polar surface area (TPSA) is 35.5 Å². The van der Waals surface area contributed by atoms with Gasteiger partial charge in [0.05, 0.1) is 4.47 Å². The van der Waals surface area contributed by atoms with Gasteiger partial charge in [-0.15, -0.1) is 0 Å². The van der Waals surface area contributed by atoms with Crippen molar-refractivity contribution in [1.29, 1.82) is 0 Å². The molecular weight excluding hydrogens is 311 g/mol. The van der Waals surface area contributed by atoms with Gasteiger partial charge in [-0.05, 0) is 34.5 Å². The number of piperazine rings is 1. The SMILES string of the molecule is CCC[C@@H](c1c(F)ccc(Br)c1O)N1CCNCC1. The molecule has 0 spiro atoms. The molecule has 0 bridgehead atoms. The number of hydrogen-bond donors (Lipinski definition) is 2. The lowest BCUT2D eigenvalue weighted by molar-refractivity contribution is 0.158. The molecule has 3 nitrogen and oxygen atoms in total. The molecule has 2 N–H and O–H groups in total. The first-order valence-corrected chi connectivity index (χ1v) is 7.56. The zero-order valence-electron chi connectivity index (χ0n) is 11.1. The first-order chi connectivity index (χ1) is 9.15. The van der Waals surface area contributed by atoms with Crippen LogP contribution in [0.2, 0.25) is 0 Å². The van der Waals surface area contributed by atoms with Crippen molar-refractivity contribution in [2.45, 2.75) is 25.8 Å². The van der Waals surface area contributed by atoms with Crippen LogP contribution in [0.4, 0.5) is 4.39 Å². The van der Waals surface area contributed by atoms with E-state index in [0.717, 1.165) is 39.0 Å². The van der Waals surface area contributed by atoms with Crippen LogP contribution in [0.3, 0.4) is 0 Å². The lowest BCUT2D eigenvalue weighted by Crippen LogP contribution is -2.45. The maximum absolute atomic E-state index is 14.1. The number of aromatic hydroxyl groups is 1. The summed E-state index contributed by atoms with van der Waals surface area (Å²) in [5.41, 5.74) is 0.429. The van der Waals surface area contributed by atoms with Gasteiger partial charge in [0.25, 0.3) is 0 Å². The molecule has 1 heterocycles. The van der Waals surface area contributed by atoms with Crippen LogP contribution in [0.15, 0.2) is 16.6 Å². The molecule has 0 aromatic heterocycles. The third-order valence-corrected chi connectivity index (χ3v) is 4.24. The lowest BCUT2D eigenvalue weighted by atomic mass is 9.98. The third-order valence-electron chi connectivity index (χ3n) is 3.60. The quantitative estimate of drug-likeness (QED) is 0.890. The van der Waals surface area contributed by atoms with E-state index in [0.29, 0.717) is 10.0 Å². The van der Waals surface area contributed by atoms with Gasteiger partial charge in [-0.2, -0.15) is 0 Å². The van der Waals surface area contributed by atoms with Crippen LogP contribution in [-0.4, -0.2) is 36.2 Å². The fourth-order valence-corrected chi connectivity index (χ4v) is 3.00. The van der Waals surface area contributed by atoms with Gasteiger partial charge in [-0.1, -0.05) is 13.3 Å². The van der Waals surface area contributed by atoms with Crippen molar-refractivity contribution in [1.82, 2.24) is 10.2 Å². The van der Waals surface area contributed by atoms with Crippen LogP contribution in [-0.2, 0) is 0 Å². The van der Waals surface area contributed by atoms with E-state index in [1.54, 1.807) is 6.07 Å². The number of halogens is 2. The fourth-order valence-electron chi connectivity index (χ4n) is 2.65. The van der Waals surface area contributed by atoms with Crippen molar-refractivity contribution in [3.05, 3.63) is 28.0 Å². The Morgan fingerprint density at radius 2 is 2.11 bits per heavy atom. The monoisotopic (exact) mass is 330 g/mol. The Hall–Kier alpha value is -0.650. The maximum atomic E-state index is 14.1. The molecule has 2 rings (SSSR count). The van der Waals surface area contributed by atoms with Gasteiger partial charge in [0.1, 0.15) is 11.6 Å². The summed E-state index contributed by atoms with van der Waals surface area (Å²) in [4.78, 5) is 2.25. The summed E-state index contributed by atoms with van der Waals surface area (Å²) in [6.45, 7) is 5.68. The Morgan fingerprint density at radius 1 is 1.42 bits per heavy atom. The minimum atomic E-state index is -0.322. The average Bonchev–Trinajstić information content (AvgIpc) is 2.43. The highest BCUT2D eigenvalue weighted by molar-refractivity contribution is 9.10. The van der Waals surface area contributed by atoms with Crippen LogP contribution in [0.25, 0.3) is 0 Å². The molecule has 0 unspecified atom stereocenters. The van der Waals surface area contributed by atoms with E-state index in [2.05, 4.69) is 33.1 Å². The van der Waals surface area contributed by atoms with E-state index in [-0.39, 0.29) is 17.6 Å². The van der Waals surface area contributed by atoms with E-state index in [1.165, 1.54) is 6.07 Å². The number of phenols is 1. The number of hydrogen-bond acceptors (Lipinski definition) is 3. The van der Waals surface area contributed by atoms with Crippen molar-refractivity contribution in [2.24, 2.45) is 0 Å². The summed E-state index contributed by atoms with van der Waals surface area (Å²) < 4.78 is 14.7. The number of rotatable bonds is 4. The van der Waals surface area contributed by atoms with Crippen molar-refractivity contribution in [3.63, 3.8) is 0 Å². The number of phenolic OH excluding ortho intramolecular Hbond substituents is 1. The second kappa shape index (κ2) is 6.68. The van der Waals surface area contributed by atoms with Crippen molar-refractivity contribution < 1.29 is 9.50 Å². The molecule has 0 amide bonds. The van der Waals surface area contributed by atoms with Gasteiger partial charge in [0, 0.05) is 37.8 Å². The van der Waals surface area contributed by atoms with E-state index in [9.17, 15) is 9.50 Å². The molecule has 1 aromatic carbocycles. The molecule has 1 atom stereocenters. The van der Waals surface area contributed by atoms with Crippen LogP contribution >= 0.6 is 15.9 Å². The fraction of sp³-hybridized carbons (Fsp3) is 0.571. The Bertz CT molecular complexity index is 436. The Kier molecular flexibility index (Phi) is 5.19. The smallest absolute Gasteiger partial charge is 0.137 e. The van der Waals surface area contributed by atoms with Gasteiger partial charge in [0.15, 0.2) is 0 Å². The first-order valence-electron chi connectivity index (χ1n) is 6.76. The first kappa shape index (κ1) is 14.8. The minimum absolute atomic E-state index is 0.0389. The molecule has 1 aliphatic rings. The van der Waals surface area contributed by atoms with Crippen LogP contribution < -0.4 is 5.32 Å². The molecule has 1 aromatic rings. The van der Waals surface area contributed by atoms with E-state index in [1.807, 2.05) is 0 Å². The maximum Gasteiger partial charge on any atom is 0.137 e. The van der Waals surface area contributed by atoms with Crippen molar-refractivity contribution in [2.75, 3.05) is 26.2 Å². The lowest BCUT2D eigenvalue weighted by Gasteiger charge is -2.35. The highest BCUT2D eigenvalue weighted by atomic mass is 79.9. The molecule has 5 heteroatoms. The molecule has 106 valence electrons. The third kappa shape index (κ3) is 3.27. The van der Waals surface area contributed by atoms with Gasteiger partial charge in [-0.3, -0.25) is 4.90 Å². The number of nitrogens with zero attached hydrogens (tertiary/aromatic N) is 1. The summed E-state index contributed by atoms with van der Waals surface area (Å²) in [5, 5.41) is 13.5. The summed E-state index contributed by atoms with van der Waals surface area (Å²) in [7, 11) is 0. The summed E-state index contributed by atoms with van der Waals surface area (Å²) in [6, 6.07) is 2.92. The van der Waals surface area contributed by atoms with Crippen LogP contribution in [0, 0.1) is 5.82 Å². The van der Waals surface area contributed by atoms with Crippen LogP contribution in [0.1, 0.15) is 31.4 Å². The Balaban J connectivity index is 2.35. The van der Waals surface area contributed by atoms with Crippen molar-refractivity contribution in [3.8, 4) is 5.75 Å². The molecular formula is C14H20BrFN2O. The molecule has 0 saturated carbocycles. The molecule has 1 saturated heterocycles. The second-order valence-corrected chi connectivity index (χ2v) is 5.74. The Morgan fingerprint density at radius 3 is 2.74 bits per heavy atom. The van der Waals surface area contributed by atoms with Gasteiger partial charge < -0.3 is 10.4 Å². The molecule has 0 radical (unpaired) electrons. The standard InChI is InChI=1S/C14H20BrFN2O/c1-2-3-12(18-8-6-17-7-9-18)13-11(16)5-4-10(15)14(13)19/h4-5,12,17,19H,2-3,6-9H2,1H3/t12-/m0/s1. The van der Waals surface area contributed by atoms with Gasteiger partial charge in [0.2, 0.25) is 0 Å². The van der Waals surface area contributed by atoms with Gasteiger partial charge >= 0.3 is 0 Å². The summed E-state index contributed by atoms with van der Waals surface area (Å²) >= 11 is 3.28. The largest absolute Gasteiger partial charge is 0.506 e. The van der Waals surface area contributed by atoms with E-state index >= 15 is 0 Å².